The van der Waals surface area contributed by atoms with Gasteiger partial charge in [-0.05, 0) is 43.9 Å². The van der Waals surface area contributed by atoms with Crippen LogP contribution in [-0.4, -0.2) is 28.1 Å². The van der Waals surface area contributed by atoms with E-state index in [1.165, 1.54) is 38.2 Å². The Morgan fingerprint density at radius 3 is 2.77 bits per heavy atom. The quantitative estimate of drug-likeness (QED) is 0.882. The van der Waals surface area contributed by atoms with E-state index >= 15 is 0 Å². The lowest BCUT2D eigenvalue weighted by Crippen LogP contribution is -2.20. The van der Waals surface area contributed by atoms with Crippen LogP contribution < -0.4 is 15.8 Å². The molecule has 3 N–H and O–H groups in total. The Balaban J connectivity index is 1.94. The van der Waals surface area contributed by atoms with Gasteiger partial charge in [-0.15, -0.1) is 0 Å². The van der Waals surface area contributed by atoms with Crippen molar-refractivity contribution in [2.45, 2.75) is 25.8 Å². The molecule has 0 aliphatic heterocycles. The molecule has 1 aromatic carbocycles. The molecule has 3 rings (SSSR count). The maximum Gasteiger partial charge on any atom is 0.228 e. The molecule has 1 heterocycles. The van der Waals surface area contributed by atoms with Crippen LogP contribution in [0.4, 0.5) is 16.3 Å². The molecule has 0 spiro atoms. The largest absolute Gasteiger partial charge is 0.497 e. The number of aromatic nitrogens is 3. The van der Waals surface area contributed by atoms with E-state index in [2.05, 4.69) is 27.2 Å². The first-order valence-corrected chi connectivity index (χ1v) is 7.19. The highest BCUT2D eigenvalue weighted by Crippen LogP contribution is 2.33. The SMILES string of the molecule is COc1ccc(F)c(-c2nc(N)nc(NC(C)C3CC3)n2)c1. The molecule has 1 atom stereocenters. The monoisotopic (exact) mass is 303 g/mol. The van der Waals surface area contributed by atoms with Gasteiger partial charge >= 0.3 is 0 Å². The van der Waals surface area contributed by atoms with Gasteiger partial charge in [0.2, 0.25) is 11.9 Å². The van der Waals surface area contributed by atoms with Crippen LogP contribution in [0, 0.1) is 11.7 Å². The Bertz CT molecular complexity index is 690. The van der Waals surface area contributed by atoms with Crippen LogP contribution in [0.2, 0.25) is 0 Å². The van der Waals surface area contributed by atoms with Crippen molar-refractivity contribution in [3.05, 3.63) is 24.0 Å². The van der Waals surface area contributed by atoms with Crippen LogP contribution in [0.3, 0.4) is 0 Å². The van der Waals surface area contributed by atoms with E-state index < -0.39 is 5.82 Å². The van der Waals surface area contributed by atoms with E-state index in [4.69, 9.17) is 10.5 Å². The summed E-state index contributed by atoms with van der Waals surface area (Å²) in [5.74, 6) is 1.33. The van der Waals surface area contributed by atoms with Crippen molar-refractivity contribution in [3.8, 4) is 17.1 Å². The summed E-state index contributed by atoms with van der Waals surface area (Å²) in [4.78, 5) is 12.4. The maximum atomic E-state index is 14.0. The van der Waals surface area contributed by atoms with Crippen LogP contribution in [0.15, 0.2) is 18.2 Å². The molecular formula is C15H18FN5O. The highest BCUT2D eigenvalue weighted by atomic mass is 19.1. The number of anilines is 2. The van der Waals surface area contributed by atoms with E-state index in [0.29, 0.717) is 17.6 Å². The number of nitrogens with zero attached hydrogens (tertiary/aromatic N) is 3. The fourth-order valence-corrected chi connectivity index (χ4v) is 2.30. The van der Waals surface area contributed by atoms with Crippen molar-refractivity contribution >= 4 is 11.9 Å². The number of hydrogen-bond acceptors (Lipinski definition) is 6. The molecule has 1 saturated carbocycles. The molecule has 0 bridgehead atoms. The molecule has 1 fully saturated rings. The minimum Gasteiger partial charge on any atom is -0.497 e. The molecule has 1 aliphatic carbocycles. The lowest BCUT2D eigenvalue weighted by Gasteiger charge is -2.13. The Kier molecular flexibility index (Phi) is 3.79. The zero-order valence-corrected chi connectivity index (χ0v) is 12.5. The molecule has 116 valence electrons. The Hall–Kier alpha value is -2.44. The number of nitrogens with two attached hydrogens (primary N) is 1. The zero-order chi connectivity index (χ0) is 15.7. The summed E-state index contributed by atoms with van der Waals surface area (Å²) in [6.45, 7) is 2.07. The minimum absolute atomic E-state index is 0.0534. The van der Waals surface area contributed by atoms with Gasteiger partial charge in [0.05, 0.1) is 12.7 Å². The van der Waals surface area contributed by atoms with Crippen LogP contribution in [0.25, 0.3) is 11.4 Å². The van der Waals surface area contributed by atoms with Gasteiger partial charge in [-0.25, -0.2) is 4.39 Å². The number of nitrogen functional groups attached to an aromatic ring is 1. The average molecular weight is 303 g/mol. The predicted octanol–water partition coefficient (Wildman–Crippen LogP) is 2.48. The maximum absolute atomic E-state index is 14.0. The van der Waals surface area contributed by atoms with Crippen molar-refractivity contribution in [2.24, 2.45) is 5.92 Å². The summed E-state index contributed by atoms with van der Waals surface area (Å²) < 4.78 is 19.2. The van der Waals surface area contributed by atoms with Gasteiger partial charge in [-0.2, -0.15) is 15.0 Å². The van der Waals surface area contributed by atoms with Crippen LogP contribution in [-0.2, 0) is 0 Å². The molecule has 1 aromatic heterocycles. The Labute approximate surface area is 128 Å². The van der Waals surface area contributed by atoms with E-state index in [0.717, 1.165) is 0 Å². The number of benzene rings is 1. The normalized spacial score (nSPS) is 15.4. The fourth-order valence-electron chi connectivity index (χ4n) is 2.30. The first-order chi connectivity index (χ1) is 10.6. The third-order valence-corrected chi connectivity index (χ3v) is 3.75. The smallest absolute Gasteiger partial charge is 0.228 e. The first-order valence-electron chi connectivity index (χ1n) is 7.19. The van der Waals surface area contributed by atoms with Crippen LogP contribution in [0.1, 0.15) is 19.8 Å². The number of methoxy groups -OCH3 is 1. The van der Waals surface area contributed by atoms with Gasteiger partial charge < -0.3 is 15.8 Å². The topological polar surface area (TPSA) is 86.0 Å². The minimum atomic E-state index is -0.437. The van der Waals surface area contributed by atoms with Crippen molar-refractivity contribution in [1.82, 2.24) is 15.0 Å². The van der Waals surface area contributed by atoms with E-state index in [1.54, 1.807) is 0 Å². The molecule has 7 heteroatoms. The number of hydrogen-bond donors (Lipinski definition) is 2. The lowest BCUT2D eigenvalue weighted by molar-refractivity contribution is 0.414. The van der Waals surface area contributed by atoms with Gasteiger partial charge in [0, 0.05) is 6.04 Å². The van der Waals surface area contributed by atoms with Gasteiger partial charge in [-0.1, -0.05) is 0 Å². The highest BCUT2D eigenvalue weighted by molar-refractivity contribution is 5.60. The third kappa shape index (κ3) is 3.08. The molecule has 0 saturated heterocycles. The molecule has 1 aliphatic rings. The van der Waals surface area contributed by atoms with Crippen molar-refractivity contribution < 1.29 is 9.13 Å². The third-order valence-electron chi connectivity index (χ3n) is 3.75. The summed E-state index contributed by atoms with van der Waals surface area (Å²) in [6.07, 6.45) is 2.40. The standard InChI is InChI=1S/C15H18FN5O/c1-8(9-3-4-9)18-15-20-13(19-14(17)21-15)11-7-10(22-2)5-6-12(11)16/h5-9H,3-4H2,1-2H3,(H3,17,18,19,20,21). The van der Waals surface area contributed by atoms with Crippen molar-refractivity contribution in [1.29, 1.82) is 0 Å². The fraction of sp³-hybridized carbons (Fsp3) is 0.400. The second-order valence-corrected chi connectivity index (χ2v) is 5.46. The summed E-state index contributed by atoms with van der Waals surface area (Å²) in [5.41, 5.74) is 5.96. The molecule has 6 nitrogen and oxygen atoms in total. The molecule has 0 amide bonds. The molecule has 0 radical (unpaired) electrons. The number of rotatable bonds is 5. The summed E-state index contributed by atoms with van der Waals surface area (Å²) in [6, 6.07) is 4.65. The average Bonchev–Trinajstić information content (AvgIpc) is 3.31. The number of ether oxygens (including phenoxy) is 1. The highest BCUT2D eigenvalue weighted by Gasteiger charge is 2.28. The first kappa shape index (κ1) is 14.5. The molecular weight excluding hydrogens is 285 g/mol. The Morgan fingerprint density at radius 2 is 2.09 bits per heavy atom. The summed E-state index contributed by atoms with van der Waals surface area (Å²) in [7, 11) is 1.52. The van der Waals surface area contributed by atoms with E-state index in [9.17, 15) is 4.39 Å². The van der Waals surface area contributed by atoms with E-state index in [1.807, 2.05) is 0 Å². The Morgan fingerprint density at radius 1 is 1.32 bits per heavy atom. The van der Waals surface area contributed by atoms with E-state index in [-0.39, 0.29) is 23.4 Å². The zero-order valence-electron chi connectivity index (χ0n) is 12.5. The molecule has 1 unspecified atom stereocenters. The molecule has 22 heavy (non-hydrogen) atoms. The second-order valence-electron chi connectivity index (χ2n) is 5.46. The predicted molar refractivity (Wildman–Crippen MR) is 82.0 cm³/mol. The lowest BCUT2D eigenvalue weighted by atomic mass is 10.2. The van der Waals surface area contributed by atoms with Gasteiger partial charge in [0.15, 0.2) is 5.82 Å². The second kappa shape index (κ2) is 5.75. The van der Waals surface area contributed by atoms with Crippen LogP contribution >= 0.6 is 0 Å². The van der Waals surface area contributed by atoms with Gasteiger partial charge in [0.25, 0.3) is 0 Å². The summed E-state index contributed by atoms with van der Waals surface area (Å²) >= 11 is 0. The van der Waals surface area contributed by atoms with Crippen molar-refractivity contribution in [2.75, 3.05) is 18.2 Å². The number of halogens is 1. The molecule has 2 aromatic rings. The van der Waals surface area contributed by atoms with Gasteiger partial charge in [0.1, 0.15) is 11.6 Å². The number of nitrogens with one attached hydrogen (secondary N) is 1. The van der Waals surface area contributed by atoms with Crippen molar-refractivity contribution in [3.63, 3.8) is 0 Å². The van der Waals surface area contributed by atoms with Gasteiger partial charge in [-0.3, -0.25) is 0 Å². The van der Waals surface area contributed by atoms with Crippen LogP contribution in [0.5, 0.6) is 5.75 Å². The summed E-state index contributed by atoms with van der Waals surface area (Å²) in [5, 5.41) is 3.21.